The summed E-state index contributed by atoms with van der Waals surface area (Å²) in [6.07, 6.45) is 16.0. The molecule has 0 fully saturated rings. The molecule has 2 aromatic rings. The molecule has 30 heavy (non-hydrogen) atoms. The number of hydrogen-bond acceptors (Lipinski definition) is 2. The van der Waals surface area contributed by atoms with Crippen LogP contribution >= 0.6 is 0 Å². The summed E-state index contributed by atoms with van der Waals surface area (Å²) in [5, 5.41) is 2.51. The van der Waals surface area contributed by atoms with Gasteiger partial charge < -0.3 is 4.74 Å². The molecule has 1 atom stereocenters. The molecule has 0 amide bonds. The van der Waals surface area contributed by atoms with Crippen LogP contribution in [0.15, 0.2) is 42.5 Å². The molecule has 0 spiro atoms. The molecule has 0 radical (unpaired) electrons. The minimum absolute atomic E-state index is 0.0825. The van der Waals surface area contributed by atoms with Crippen molar-refractivity contribution in [3.05, 3.63) is 53.6 Å². The first-order chi connectivity index (χ1) is 14.7. The monoisotopic (exact) mass is 406 g/mol. The molecule has 2 aromatic carbocycles. The van der Waals surface area contributed by atoms with Gasteiger partial charge in [0.1, 0.15) is 6.10 Å². The first kappa shape index (κ1) is 22.6. The molecular weight excluding hydrogens is 368 g/mol. The van der Waals surface area contributed by atoms with Crippen LogP contribution in [-0.2, 0) is 9.53 Å². The standard InChI is InChI=1S/C28H38O2/c1-3-5-7-8-9-10-11-12-15-23-21-26(30-27(29)20-6-4-2)25-19-14-17-22-16-13-18-24(23)28(22)25/h13-14,16-19,21,26H,3-12,15,20H2,1-2H3. The second-order valence-electron chi connectivity index (χ2n) is 8.68. The van der Waals surface area contributed by atoms with Crippen molar-refractivity contribution in [2.24, 2.45) is 0 Å². The van der Waals surface area contributed by atoms with Gasteiger partial charge in [-0.1, -0.05) is 102 Å². The predicted molar refractivity (Wildman–Crippen MR) is 128 cm³/mol. The molecule has 0 saturated heterocycles. The molecule has 1 aliphatic carbocycles. The van der Waals surface area contributed by atoms with E-state index in [0.29, 0.717) is 6.42 Å². The largest absolute Gasteiger partial charge is 0.453 e. The molecule has 0 aromatic heterocycles. The van der Waals surface area contributed by atoms with Crippen molar-refractivity contribution < 1.29 is 9.53 Å². The summed E-state index contributed by atoms with van der Waals surface area (Å²) < 4.78 is 5.94. The van der Waals surface area contributed by atoms with Crippen LogP contribution < -0.4 is 0 Å². The van der Waals surface area contributed by atoms with Gasteiger partial charge in [-0.05, 0) is 47.2 Å². The summed E-state index contributed by atoms with van der Waals surface area (Å²) in [5.74, 6) is -0.0825. The van der Waals surface area contributed by atoms with Crippen LogP contribution in [0.1, 0.15) is 108 Å². The topological polar surface area (TPSA) is 26.3 Å². The lowest BCUT2D eigenvalue weighted by molar-refractivity contribution is -0.147. The summed E-state index contributed by atoms with van der Waals surface area (Å²) in [4.78, 5) is 12.4. The van der Waals surface area contributed by atoms with Crippen molar-refractivity contribution in [1.82, 2.24) is 0 Å². The van der Waals surface area contributed by atoms with E-state index in [1.165, 1.54) is 73.3 Å². The zero-order chi connectivity index (χ0) is 21.2. The average molecular weight is 407 g/mol. The van der Waals surface area contributed by atoms with E-state index in [9.17, 15) is 4.79 Å². The fraction of sp³-hybridized carbons (Fsp3) is 0.536. The number of benzene rings is 2. The number of unbranched alkanes of at least 4 members (excludes halogenated alkanes) is 8. The number of hydrogen-bond donors (Lipinski definition) is 0. The molecule has 3 rings (SSSR count). The smallest absolute Gasteiger partial charge is 0.306 e. The maximum atomic E-state index is 12.4. The Morgan fingerprint density at radius 2 is 1.50 bits per heavy atom. The lowest BCUT2D eigenvalue weighted by atomic mass is 9.84. The molecule has 1 unspecified atom stereocenters. The van der Waals surface area contributed by atoms with E-state index in [0.717, 1.165) is 24.8 Å². The summed E-state index contributed by atoms with van der Waals surface area (Å²) in [6.45, 7) is 4.37. The SMILES string of the molecule is CCCCCCCCCCC1=CC(OC(=O)CCCC)c2cccc3cccc1c23. The highest BCUT2D eigenvalue weighted by molar-refractivity contribution is 5.98. The first-order valence-corrected chi connectivity index (χ1v) is 12.2. The fourth-order valence-electron chi connectivity index (χ4n) is 4.52. The number of carbonyl (C=O) groups is 1. The highest BCUT2D eigenvalue weighted by atomic mass is 16.5. The number of esters is 1. The third-order valence-electron chi connectivity index (χ3n) is 6.23. The van der Waals surface area contributed by atoms with E-state index in [2.05, 4.69) is 56.3 Å². The highest BCUT2D eigenvalue weighted by Gasteiger charge is 2.24. The van der Waals surface area contributed by atoms with Crippen molar-refractivity contribution in [3.8, 4) is 0 Å². The normalized spacial score (nSPS) is 15.3. The first-order valence-electron chi connectivity index (χ1n) is 12.2. The van der Waals surface area contributed by atoms with Crippen molar-refractivity contribution in [2.45, 2.75) is 97.0 Å². The molecular formula is C28H38O2. The Morgan fingerprint density at radius 1 is 0.833 bits per heavy atom. The van der Waals surface area contributed by atoms with Gasteiger partial charge in [-0.25, -0.2) is 0 Å². The van der Waals surface area contributed by atoms with Crippen LogP contribution in [0.5, 0.6) is 0 Å². The van der Waals surface area contributed by atoms with Gasteiger partial charge in [0.2, 0.25) is 0 Å². The summed E-state index contributed by atoms with van der Waals surface area (Å²) in [6, 6.07) is 12.9. The van der Waals surface area contributed by atoms with E-state index in [-0.39, 0.29) is 12.1 Å². The van der Waals surface area contributed by atoms with Gasteiger partial charge >= 0.3 is 5.97 Å². The Morgan fingerprint density at radius 3 is 2.23 bits per heavy atom. The third-order valence-corrected chi connectivity index (χ3v) is 6.23. The summed E-state index contributed by atoms with van der Waals surface area (Å²) >= 11 is 0. The van der Waals surface area contributed by atoms with Crippen LogP contribution in [0.3, 0.4) is 0 Å². The number of ether oxygens (including phenoxy) is 1. The van der Waals surface area contributed by atoms with Crippen molar-refractivity contribution in [1.29, 1.82) is 0 Å². The van der Waals surface area contributed by atoms with E-state index in [1.54, 1.807) is 0 Å². The minimum atomic E-state index is -0.253. The van der Waals surface area contributed by atoms with Crippen LogP contribution in [0, 0.1) is 0 Å². The number of rotatable bonds is 13. The van der Waals surface area contributed by atoms with Crippen LogP contribution in [0.4, 0.5) is 0 Å². The quantitative estimate of drug-likeness (QED) is 0.246. The molecule has 162 valence electrons. The Balaban J connectivity index is 1.68. The zero-order valence-corrected chi connectivity index (χ0v) is 18.9. The molecule has 2 nitrogen and oxygen atoms in total. The van der Waals surface area contributed by atoms with Gasteiger partial charge in [-0.15, -0.1) is 0 Å². The second-order valence-corrected chi connectivity index (χ2v) is 8.68. The molecule has 0 bridgehead atoms. The minimum Gasteiger partial charge on any atom is -0.453 e. The van der Waals surface area contributed by atoms with Gasteiger partial charge in [0, 0.05) is 12.0 Å². The van der Waals surface area contributed by atoms with E-state index >= 15 is 0 Å². The molecule has 1 aliphatic rings. The molecule has 0 heterocycles. The molecule has 0 N–H and O–H groups in total. The van der Waals surface area contributed by atoms with Crippen molar-refractivity contribution in [2.75, 3.05) is 0 Å². The fourth-order valence-corrected chi connectivity index (χ4v) is 4.52. The van der Waals surface area contributed by atoms with Gasteiger partial charge in [0.25, 0.3) is 0 Å². The van der Waals surface area contributed by atoms with Crippen LogP contribution in [0.25, 0.3) is 16.3 Å². The van der Waals surface area contributed by atoms with Gasteiger partial charge in [0.15, 0.2) is 0 Å². The zero-order valence-electron chi connectivity index (χ0n) is 18.9. The second kappa shape index (κ2) is 11.9. The van der Waals surface area contributed by atoms with Crippen LogP contribution in [-0.4, -0.2) is 5.97 Å². The molecule has 0 saturated carbocycles. The van der Waals surface area contributed by atoms with Crippen molar-refractivity contribution >= 4 is 22.3 Å². The molecule has 2 heteroatoms. The van der Waals surface area contributed by atoms with E-state index < -0.39 is 0 Å². The number of allylic oxidation sites excluding steroid dienone is 1. The maximum absolute atomic E-state index is 12.4. The van der Waals surface area contributed by atoms with Crippen molar-refractivity contribution in [3.63, 3.8) is 0 Å². The highest BCUT2D eigenvalue weighted by Crippen LogP contribution is 2.41. The van der Waals surface area contributed by atoms with Crippen LogP contribution in [0.2, 0.25) is 0 Å². The Labute approximate surface area is 182 Å². The Kier molecular flexibility index (Phi) is 8.99. The Bertz CT molecular complexity index is 844. The van der Waals surface area contributed by atoms with Gasteiger partial charge in [-0.3, -0.25) is 4.79 Å². The lowest BCUT2D eigenvalue weighted by Gasteiger charge is -2.25. The lowest BCUT2D eigenvalue weighted by Crippen LogP contribution is -2.13. The molecule has 0 aliphatic heterocycles. The predicted octanol–water partition coefficient (Wildman–Crippen LogP) is 8.54. The van der Waals surface area contributed by atoms with Gasteiger partial charge in [-0.2, -0.15) is 0 Å². The maximum Gasteiger partial charge on any atom is 0.306 e. The Hall–Kier alpha value is -2.09. The summed E-state index contributed by atoms with van der Waals surface area (Å²) in [5.41, 5.74) is 3.80. The van der Waals surface area contributed by atoms with E-state index in [4.69, 9.17) is 4.74 Å². The number of carbonyl (C=O) groups excluding carboxylic acids is 1. The van der Waals surface area contributed by atoms with E-state index in [1.807, 2.05) is 0 Å². The third kappa shape index (κ3) is 5.97. The summed E-state index contributed by atoms with van der Waals surface area (Å²) in [7, 11) is 0. The average Bonchev–Trinajstić information content (AvgIpc) is 2.77. The van der Waals surface area contributed by atoms with Gasteiger partial charge in [0.05, 0.1) is 0 Å².